The molecule has 1 aromatic rings. The molecule has 17 heavy (non-hydrogen) atoms. The summed E-state index contributed by atoms with van der Waals surface area (Å²) in [5.74, 6) is -0.651. The van der Waals surface area contributed by atoms with Gasteiger partial charge in [0.1, 0.15) is 6.04 Å². The van der Waals surface area contributed by atoms with E-state index in [9.17, 15) is 9.59 Å². The number of thiol groups is 1. The summed E-state index contributed by atoms with van der Waals surface area (Å²) in [4.78, 5) is 23.0. The second kappa shape index (κ2) is 6.66. The largest absolute Gasteiger partial charge is 0.467 e. The summed E-state index contributed by atoms with van der Waals surface area (Å²) >= 11 is 7.26. The van der Waals surface area contributed by atoms with Crippen molar-refractivity contribution in [3.05, 3.63) is 34.3 Å². The summed E-state index contributed by atoms with van der Waals surface area (Å²) in [6.07, 6.45) is 0. The number of hydrogen-bond donors (Lipinski definition) is 2. The second-order valence-electron chi connectivity index (χ2n) is 3.24. The van der Waals surface area contributed by atoms with Gasteiger partial charge in [0, 0.05) is 15.8 Å². The number of amides is 1. The Hall–Kier alpha value is -1.01. The Morgan fingerprint density at radius 2 is 2.00 bits per heavy atom. The van der Waals surface area contributed by atoms with E-state index < -0.39 is 12.0 Å². The number of esters is 1. The van der Waals surface area contributed by atoms with Crippen LogP contribution in [0.3, 0.4) is 0 Å². The molecular weight excluding hydrogens is 306 g/mol. The molecule has 1 N–H and O–H groups in total. The van der Waals surface area contributed by atoms with Crippen LogP contribution in [0.2, 0.25) is 0 Å². The van der Waals surface area contributed by atoms with Gasteiger partial charge in [-0.3, -0.25) is 4.79 Å². The van der Waals surface area contributed by atoms with Crippen LogP contribution in [0, 0.1) is 0 Å². The van der Waals surface area contributed by atoms with Crippen LogP contribution in [0.25, 0.3) is 0 Å². The van der Waals surface area contributed by atoms with E-state index in [1.54, 1.807) is 24.3 Å². The SMILES string of the molecule is COC(=O)C(CS)NC(=O)c1ccc(Br)cc1. The van der Waals surface area contributed by atoms with Crippen LogP contribution in [-0.2, 0) is 9.53 Å². The molecule has 4 nitrogen and oxygen atoms in total. The molecule has 0 aliphatic rings. The lowest BCUT2D eigenvalue weighted by atomic mass is 10.2. The third-order valence-corrected chi connectivity index (χ3v) is 2.97. The van der Waals surface area contributed by atoms with E-state index in [0.29, 0.717) is 5.56 Å². The number of hydrogen-bond acceptors (Lipinski definition) is 4. The van der Waals surface area contributed by atoms with Crippen molar-refractivity contribution < 1.29 is 14.3 Å². The van der Waals surface area contributed by atoms with Gasteiger partial charge in [-0.2, -0.15) is 12.6 Å². The molecule has 0 heterocycles. The molecule has 1 unspecified atom stereocenters. The van der Waals surface area contributed by atoms with Gasteiger partial charge in [-0.15, -0.1) is 0 Å². The van der Waals surface area contributed by atoms with Gasteiger partial charge in [-0.05, 0) is 24.3 Å². The van der Waals surface area contributed by atoms with Crippen molar-refractivity contribution >= 4 is 40.4 Å². The highest BCUT2D eigenvalue weighted by molar-refractivity contribution is 9.10. The van der Waals surface area contributed by atoms with E-state index in [-0.39, 0.29) is 11.7 Å². The minimum atomic E-state index is -0.737. The van der Waals surface area contributed by atoms with E-state index in [0.717, 1.165) is 4.47 Å². The Labute approximate surface area is 113 Å². The summed E-state index contributed by atoms with van der Waals surface area (Å²) in [6.45, 7) is 0. The number of halogens is 1. The molecule has 6 heteroatoms. The van der Waals surface area contributed by atoms with Crippen molar-refractivity contribution in [3.8, 4) is 0 Å². The molecule has 0 saturated carbocycles. The maximum Gasteiger partial charge on any atom is 0.329 e. The van der Waals surface area contributed by atoms with E-state index in [1.165, 1.54) is 7.11 Å². The van der Waals surface area contributed by atoms with E-state index in [4.69, 9.17) is 0 Å². The van der Waals surface area contributed by atoms with Crippen molar-refractivity contribution in [1.29, 1.82) is 0 Å². The van der Waals surface area contributed by atoms with Gasteiger partial charge in [0.05, 0.1) is 7.11 Å². The molecule has 1 amide bonds. The average Bonchev–Trinajstić information content (AvgIpc) is 2.35. The molecule has 0 aliphatic heterocycles. The molecule has 0 saturated heterocycles. The first-order chi connectivity index (χ1) is 8.08. The van der Waals surface area contributed by atoms with Crippen LogP contribution < -0.4 is 5.32 Å². The first kappa shape index (κ1) is 14.1. The highest BCUT2D eigenvalue weighted by Crippen LogP contribution is 2.10. The van der Waals surface area contributed by atoms with Crippen LogP contribution in [0.4, 0.5) is 0 Å². The Morgan fingerprint density at radius 1 is 1.41 bits per heavy atom. The molecule has 0 aromatic heterocycles. The summed E-state index contributed by atoms with van der Waals surface area (Å²) < 4.78 is 5.43. The van der Waals surface area contributed by atoms with Gasteiger partial charge in [-0.25, -0.2) is 4.79 Å². The second-order valence-corrected chi connectivity index (χ2v) is 4.52. The molecule has 1 rings (SSSR count). The number of benzene rings is 1. The van der Waals surface area contributed by atoms with Gasteiger partial charge in [0.15, 0.2) is 0 Å². The normalized spacial score (nSPS) is 11.7. The summed E-state index contributed by atoms with van der Waals surface area (Å²) in [5.41, 5.74) is 0.476. The third kappa shape index (κ3) is 4.05. The highest BCUT2D eigenvalue weighted by Gasteiger charge is 2.20. The van der Waals surface area contributed by atoms with Crippen molar-refractivity contribution in [2.24, 2.45) is 0 Å². The topological polar surface area (TPSA) is 55.4 Å². The quantitative estimate of drug-likeness (QED) is 0.656. The molecule has 0 bridgehead atoms. The van der Waals surface area contributed by atoms with Crippen molar-refractivity contribution in [3.63, 3.8) is 0 Å². The van der Waals surface area contributed by atoms with E-state index >= 15 is 0 Å². The fourth-order valence-electron chi connectivity index (χ4n) is 1.16. The van der Waals surface area contributed by atoms with Gasteiger partial charge in [-0.1, -0.05) is 15.9 Å². The Kier molecular flexibility index (Phi) is 5.50. The first-order valence-corrected chi connectivity index (χ1v) is 6.26. The molecular formula is C11H12BrNO3S. The monoisotopic (exact) mass is 317 g/mol. The van der Waals surface area contributed by atoms with Gasteiger partial charge < -0.3 is 10.1 Å². The Morgan fingerprint density at radius 3 is 2.47 bits per heavy atom. The van der Waals surface area contributed by atoms with Crippen LogP contribution in [0.15, 0.2) is 28.7 Å². The molecule has 0 radical (unpaired) electrons. The molecule has 0 aliphatic carbocycles. The fourth-order valence-corrected chi connectivity index (χ4v) is 1.67. The van der Waals surface area contributed by atoms with E-state index in [2.05, 4.69) is 38.6 Å². The number of ether oxygens (including phenoxy) is 1. The predicted octanol–water partition coefficient (Wildman–Crippen LogP) is 1.65. The average molecular weight is 318 g/mol. The third-order valence-electron chi connectivity index (χ3n) is 2.08. The highest BCUT2D eigenvalue weighted by atomic mass is 79.9. The predicted molar refractivity (Wildman–Crippen MR) is 71.3 cm³/mol. The molecule has 1 aromatic carbocycles. The Balaban J connectivity index is 2.71. The van der Waals surface area contributed by atoms with Crippen molar-refractivity contribution in [2.75, 3.05) is 12.9 Å². The van der Waals surface area contributed by atoms with Crippen molar-refractivity contribution in [1.82, 2.24) is 5.32 Å². The fraction of sp³-hybridized carbons (Fsp3) is 0.273. The lowest BCUT2D eigenvalue weighted by Crippen LogP contribution is -2.42. The zero-order valence-corrected chi connectivity index (χ0v) is 11.6. The molecule has 0 fully saturated rings. The summed E-state index contributed by atoms with van der Waals surface area (Å²) in [6, 6.07) is 6.09. The lowest BCUT2D eigenvalue weighted by Gasteiger charge is -2.13. The number of nitrogens with one attached hydrogen (secondary N) is 1. The van der Waals surface area contributed by atoms with Gasteiger partial charge >= 0.3 is 5.97 Å². The lowest BCUT2D eigenvalue weighted by molar-refractivity contribution is -0.142. The van der Waals surface area contributed by atoms with Crippen molar-refractivity contribution in [2.45, 2.75) is 6.04 Å². The zero-order valence-electron chi connectivity index (χ0n) is 9.14. The minimum Gasteiger partial charge on any atom is -0.467 e. The molecule has 0 spiro atoms. The first-order valence-electron chi connectivity index (χ1n) is 4.83. The number of rotatable bonds is 4. The maximum absolute atomic E-state index is 11.8. The van der Waals surface area contributed by atoms with Gasteiger partial charge in [0.25, 0.3) is 5.91 Å². The van der Waals surface area contributed by atoms with Gasteiger partial charge in [0.2, 0.25) is 0 Å². The zero-order chi connectivity index (χ0) is 12.8. The minimum absolute atomic E-state index is 0.189. The number of carbonyl (C=O) groups is 2. The molecule has 92 valence electrons. The number of methoxy groups -OCH3 is 1. The molecule has 1 atom stereocenters. The maximum atomic E-state index is 11.8. The smallest absolute Gasteiger partial charge is 0.329 e. The summed E-state index contributed by atoms with van der Waals surface area (Å²) in [5, 5.41) is 2.55. The number of carbonyl (C=O) groups excluding carboxylic acids is 2. The summed E-state index contributed by atoms with van der Waals surface area (Å²) in [7, 11) is 1.27. The van der Waals surface area contributed by atoms with Crippen LogP contribution in [0.5, 0.6) is 0 Å². The van der Waals surface area contributed by atoms with Crippen LogP contribution in [0.1, 0.15) is 10.4 Å². The standard InChI is InChI=1S/C11H12BrNO3S/c1-16-11(15)9(6-17)13-10(14)7-2-4-8(12)5-3-7/h2-5,9,17H,6H2,1H3,(H,13,14). The Bertz CT molecular complexity index is 408. The van der Waals surface area contributed by atoms with Crippen LogP contribution >= 0.6 is 28.6 Å². The van der Waals surface area contributed by atoms with E-state index in [1.807, 2.05) is 0 Å². The van der Waals surface area contributed by atoms with Crippen LogP contribution in [-0.4, -0.2) is 30.8 Å².